The van der Waals surface area contributed by atoms with E-state index in [1.807, 2.05) is 55.5 Å². The number of carbonyl (C=O) groups excluding carboxylic acids is 2. The van der Waals surface area contributed by atoms with Gasteiger partial charge in [-0.05, 0) is 30.7 Å². The van der Waals surface area contributed by atoms with E-state index in [0.717, 1.165) is 28.7 Å². The van der Waals surface area contributed by atoms with Gasteiger partial charge in [0.2, 0.25) is 5.88 Å². The second kappa shape index (κ2) is 9.61. The van der Waals surface area contributed by atoms with Crippen molar-refractivity contribution < 1.29 is 18.7 Å². The summed E-state index contributed by atoms with van der Waals surface area (Å²) in [4.78, 5) is 22.9. The minimum Gasteiger partial charge on any atom is -0.466 e. The summed E-state index contributed by atoms with van der Waals surface area (Å²) in [7, 11) is 0. The van der Waals surface area contributed by atoms with E-state index in [0.29, 0.717) is 23.0 Å². The number of hydrogen-bond donors (Lipinski definition) is 2. The first-order valence-electron chi connectivity index (χ1n) is 9.98. The van der Waals surface area contributed by atoms with Gasteiger partial charge in [-0.3, -0.25) is 14.7 Å². The molecular formula is C25H21N3O4. The van der Waals surface area contributed by atoms with Crippen LogP contribution in [-0.2, 0) is 4.79 Å². The maximum Gasteiger partial charge on any atom is 0.261 e. The third-order valence-corrected chi connectivity index (χ3v) is 4.77. The van der Waals surface area contributed by atoms with Crippen LogP contribution < -0.4 is 10.1 Å². The molecule has 0 bridgehead atoms. The van der Waals surface area contributed by atoms with Crippen LogP contribution in [0.4, 0.5) is 0 Å². The normalized spacial score (nSPS) is 10.9. The fourth-order valence-corrected chi connectivity index (χ4v) is 3.17. The van der Waals surface area contributed by atoms with Gasteiger partial charge in [-0.15, -0.1) is 5.10 Å². The molecule has 1 amide bonds. The first kappa shape index (κ1) is 20.9. The Balaban J connectivity index is 1.32. The maximum absolute atomic E-state index is 12.2. The number of nitrogens with one attached hydrogen (secondary N) is 2. The smallest absolute Gasteiger partial charge is 0.261 e. The Morgan fingerprint density at radius 1 is 1.06 bits per heavy atom. The summed E-state index contributed by atoms with van der Waals surface area (Å²) in [5, 5.41) is 9.70. The van der Waals surface area contributed by atoms with Gasteiger partial charge in [-0.1, -0.05) is 54.6 Å². The van der Waals surface area contributed by atoms with E-state index in [9.17, 15) is 9.59 Å². The monoisotopic (exact) mass is 427 g/mol. The minimum absolute atomic E-state index is 0.180. The van der Waals surface area contributed by atoms with E-state index >= 15 is 0 Å². The average Bonchev–Trinajstić information content (AvgIpc) is 3.45. The van der Waals surface area contributed by atoms with Crippen molar-refractivity contribution in [1.82, 2.24) is 15.5 Å². The number of rotatable bonds is 8. The van der Waals surface area contributed by atoms with Gasteiger partial charge in [0.25, 0.3) is 5.91 Å². The van der Waals surface area contributed by atoms with E-state index < -0.39 is 0 Å². The van der Waals surface area contributed by atoms with E-state index in [-0.39, 0.29) is 12.5 Å². The van der Waals surface area contributed by atoms with Gasteiger partial charge in [0.1, 0.15) is 17.8 Å². The molecule has 0 aliphatic rings. The highest BCUT2D eigenvalue weighted by Crippen LogP contribution is 2.30. The van der Waals surface area contributed by atoms with Crippen LogP contribution in [0.2, 0.25) is 0 Å². The lowest BCUT2D eigenvalue weighted by Gasteiger charge is -2.06. The maximum atomic E-state index is 12.2. The summed E-state index contributed by atoms with van der Waals surface area (Å²) in [6, 6.07) is 20.4. The van der Waals surface area contributed by atoms with Crippen molar-refractivity contribution in [2.24, 2.45) is 0 Å². The highest BCUT2D eigenvalue weighted by molar-refractivity contribution is 5.80. The van der Waals surface area contributed by atoms with Crippen molar-refractivity contribution in [3.63, 3.8) is 0 Å². The predicted molar refractivity (Wildman–Crippen MR) is 121 cm³/mol. The molecular weight excluding hydrogens is 406 g/mol. The van der Waals surface area contributed by atoms with Crippen molar-refractivity contribution in [2.45, 2.75) is 6.92 Å². The van der Waals surface area contributed by atoms with Gasteiger partial charge >= 0.3 is 0 Å². The van der Waals surface area contributed by atoms with E-state index in [1.165, 1.54) is 6.20 Å². The highest BCUT2D eigenvalue weighted by atomic mass is 16.5. The van der Waals surface area contributed by atoms with Crippen molar-refractivity contribution in [3.8, 4) is 28.3 Å². The van der Waals surface area contributed by atoms with Crippen molar-refractivity contribution in [2.75, 3.05) is 6.61 Å². The Morgan fingerprint density at radius 3 is 2.59 bits per heavy atom. The first-order chi connectivity index (χ1) is 15.6. The second-order valence-corrected chi connectivity index (χ2v) is 7.03. The fourth-order valence-electron chi connectivity index (χ4n) is 3.17. The molecule has 0 aliphatic heterocycles. The van der Waals surface area contributed by atoms with Crippen LogP contribution in [0, 0.1) is 6.92 Å². The number of amides is 1. The van der Waals surface area contributed by atoms with Gasteiger partial charge in [-0.2, -0.15) is 0 Å². The largest absolute Gasteiger partial charge is 0.466 e. The van der Waals surface area contributed by atoms with Crippen LogP contribution in [0.3, 0.4) is 0 Å². The third kappa shape index (κ3) is 4.84. The molecule has 2 aromatic carbocycles. The second-order valence-electron chi connectivity index (χ2n) is 7.03. The zero-order chi connectivity index (χ0) is 22.3. The zero-order valence-electron chi connectivity index (χ0n) is 17.4. The molecule has 4 rings (SSSR count). The van der Waals surface area contributed by atoms with Gasteiger partial charge in [0.05, 0.1) is 5.56 Å². The summed E-state index contributed by atoms with van der Waals surface area (Å²) in [6.45, 7) is 1.72. The number of benzene rings is 2. The lowest BCUT2D eigenvalue weighted by atomic mass is 10.1. The summed E-state index contributed by atoms with van der Waals surface area (Å²) < 4.78 is 11.4. The fraction of sp³-hybridized carbons (Fsp3) is 0.0800. The molecule has 32 heavy (non-hydrogen) atoms. The molecule has 7 nitrogen and oxygen atoms in total. The Kier molecular flexibility index (Phi) is 6.27. The summed E-state index contributed by atoms with van der Waals surface area (Å²) in [5.74, 6) is 1.30. The highest BCUT2D eigenvalue weighted by Gasteiger charge is 2.14. The molecule has 0 spiro atoms. The number of carbonyl (C=O) groups is 2. The van der Waals surface area contributed by atoms with Gasteiger partial charge in [-0.25, -0.2) is 0 Å². The van der Waals surface area contributed by atoms with E-state index in [4.69, 9.17) is 9.15 Å². The number of aryl methyl sites for hydroxylation is 1. The quantitative estimate of drug-likeness (QED) is 0.400. The minimum atomic E-state index is -0.322. The summed E-state index contributed by atoms with van der Waals surface area (Å²) >= 11 is 0. The SMILES string of the molecule is Cc1[nH]nc(OCC(=O)NC=Cc2ccc(-c3ccc(C=O)cc3)o2)c1-c1ccccc1. The molecule has 0 aliphatic carbocycles. The van der Waals surface area contributed by atoms with Crippen molar-refractivity contribution in [3.05, 3.63) is 89.9 Å². The molecule has 4 aromatic rings. The van der Waals surface area contributed by atoms with Crippen LogP contribution in [0.5, 0.6) is 5.88 Å². The molecule has 0 fully saturated rings. The summed E-state index contributed by atoms with van der Waals surface area (Å²) in [5.41, 5.74) is 4.12. The molecule has 0 saturated heterocycles. The van der Waals surface area contributed by atoms with Crippen LogP contribution in [0.25, 0.3) is 28.5 Å². The molecule has 2 aromatic heterocycles. The molecule has 2 heterocycles. The molecule has 0 saturated carbocycles. The van der Waals surface area contributed by atoms with E-state index in [1.54, 1.807) is 24.3 Å². The molecule has 0 unspecified atom stereocenters. The Labute approximate surface area is 184 Å². The average molecular weight is 427 g/mol. The Bertz CT molecular complexity index is 1240. The van der Waals surface area contributed by atoms with Crippen LogP contribution >= 0.6 is 0 Å². The van der Waals surface area contributed by atoms with Gasteiger partial charge < -0.3 is 14.5 Å². The number of aromatic nitrogens is 2. The number of furan rings is 1. The van der Waals surface area contributed by atoms with Crippen LogP contribution in [0.1, 0.15) is 21.8 Å². The van der Waals surface area contributed by atoms with Crippen molar-refractivity contribution >= 4 is 18.3 Å². The lowest BCUT2D eigenvalue weighted by molar-refractivity contribution is -0.122. The van der Waals surface area contributed by atoms with Crippen molar-refractivity contribution in [1.29, 1.82) is 0 Å². The van der Waals surface area contributed by atoms with Gasteiger partial charge in [0, 0.05) is 23.0 Å². The molecule has 160 valence electrons. The topological polar surface area (TPSA) is 97.2 Å². The number of H-pyrrole nitrogens is 1. The first-order valence-corrected chi connectivity index (χ1v) is 9.98. The summed E-state index contributed by atoms with van der Waals surface area (Å²) in [6.07, 6.45) is 3.94. The Hall–Kier alpha value is -4.39. The Morgan fingerprint density at radius 2 is 1.84 bits per heavy atom. The lowest BCUT2D eigenvalue weighted by Crippen LogP contribution is -2.24. The van der Waals surface area contributed by atoms with E-state index in [2.05, 4.69) is 15.5 Å². The molecule has 2 N–H and O–H groups in total. The number of nitrogens with zero attached hydrogens (tertiary/aromatic N) is 1. The number of ether oxygens (including phenoxy) is 1. The molecule has 7 heteroatoms. The molecule has 0 radical (unpaired) electrons. The van der Waals surface area contributed by atoms with Gasteiger partial charge in [0.15, 0.2) is 6.61 Å². The number of aromatic amines is 1. The van der Waals surface area contributed by atoms with Crippen LogP contribution in [0.15, 0.2) is 77.3 Å². The predicted octanol–water partition coefficient (Wildman–Crippen LogP) is 4.62. The third-order valence-electron chi connectivity index (χ3n) is 4.77. The van der Waals surface area contributed by atoms with Crippen LogP contribution in [-0.4, -0.2) is 29.0 Å². The zero-order valence-corrected chi connectivity index (χ0v) is 17.4. The molecule has 0 atom stereocenters. The number of aldehydes is 1. The number of hydrogen-bond acceptors (Lipinski definition) is 5. The standard InChI is InChI=1S/C25H21N3O4/c1-17-24(20-5-3-2-4-6-20)25(28-27-17)31-16-23(30)26-14-13-21-11-12-22(32-21)19-9-7-18(15-29)8-10-19/h2-15H,16H2,1H3,(H,26,30)(H,27,28).